The van der Waals surface area contributed by atoms with Gasteiger partial charge in [-0.25, -0.2) is 18.4 Å². The minimum atomic E-state index is -3.72. The second-order valence-electron chi connectivity index (χ2n) is 4.25. The van der Waals surface area contributed by atoms with E-state index in [2.05, 4.69) is 35.9 Å². The molecule has 0 aliphatic carbocycles. The van der Waals surface area contributed by atoms with Crippen LogP contribution in [0.4, 0.5) is 11.5 Å². The van der Waals surface area contributed by atoms with Crippen molar-refractivity contribution < 1.29 is 8.42 Å². The van der Waals surface area contributed by atoms with Gasteiger partial charge in [-0.05, 0) is 34.5 Å². The first-order valence-corrected chi connectivity index (χ1v) is 8.64. The fourth-order valence-corrected chi connectivity index (χ4v) is 3.05. The number of nitrogens with zero attached hydrogens (tertiary/aromatic N) is 2. The van der Waals surface area contributed by atoms with Crippen molar-refractivity contribution in [2.24, 2.45) is 0 Å². The average Bonchev–Trinajstić information content (AvgIpc) is 2.47. The van der Waals surface area contributed by atoms with E-state index in [0.29, 0.717) is 16.8 Å². The minimum Gasteiger partial charge on any atom is -0.384 e. The van der Waals surface area contributed by atoms with Crippen molar-refractivity contribution in [2.45, 2.75) is 18.2 Å². The van der Waals surface area contributed by atoms with Gasteiger partial charge in [-0.2, -0.15) is 0 Å². The molecule has 0 saturated carbocycles. The van der Waals surface area contributed by atoms with Crippen molar-refractivity contribution in [3.63, 3.8) is 0 Å². The van der Waals surface area contributed by atoms with E-state index < -0.39 is 10.0 Å². The van der Waals surface area contributed by atoms with Crippen LogP contribution in [0.1, 0.15) is 13.3 Å². The van der Waals surface area contributed by atoms with Crippen LogP contribution in [0.3, 0.4) is 0 Å². The van der Waals surface area contributed by atoms with Crippen LogP contribution < -0.4 is 10.0 Å². The summed E-state index contributed by atoms with van der Waals surface area (Å²) in [6, 6.07) is 6.75. The van der Waals surface area contributed by atoms with Crippen LogP contribution in [0.15, 0.2) is 46.2 Å². The Morgan fingerprint density at radius 3 is 2.62 bits per heavy atom. The molecule has 8 heteroatoms. The highest BCUT2D eigenvalue weighted by molar-refractivity contribution is 9.10. The Balaban J connectivity index is 2.29. The molecule has 0 bridgehead atoms. The van der Waals surface area contributed by atoms with Crippen LogP contribution in [-0.4, -0.2) is 24.9 Å². The Morgan fingerprint density at radius 2 is 1.95 bits per heavy atom. The lowest BCUT2D eigenvalue weighted by Gasteiger charge is -2.12. The lowest BCUT2D eigenvalue weighted by molar-refractivity contribution is 0.601. The van der Waals surface area contributed by atoms with E-state index in [1.165, 1.54) is 12.4 Å². The molecule has 0 aliphatic rings. The standard InChI is InChI=1S/C13H15BrN4O2S/c1-2-7-15-10-5-3-4-6-11(10)21(19,20)18-13-9-16-12(14)8-17-13/h3-6,8-9,15H,2,7H2,1H3,(H,17,18). The Labute approximate surface area is 132 Å². The molecule has 0 amide bonds. The summed E-state index contributed by atoms with van der Waals surface area (Å²) >= 11 is 3.15. The fraction of sp³-hybridized carbons (Fsp3) is 0.231. The summed E-state index contributed by atoms with van der Waals surface area (Å²) in [6.07, 6.45) is 3.68. The number of hydrogen-bond donors (Lipinski definition) is 2. The predicted octanol–water partition coefficient (Wildman–Crippen LogP) is 2.86. The molecule has 0 atom stereocenters. The first-order valence-electron chi connectivity index (χ1n) is 6.36. The highest BCUT2D eigenvalue weighted by Gasteiger charge is 2.18. The molecule has 2 aromatic rings. The molecule has 21 heavy (non-hydrogen) atoms. The van der Waals surface area contributed by atoms with E-state index in [1.807, 2.05) is 6.92 Å². The SMILES string of the molecule is CCCNc1ccccc1S(=O)(=O)Nc1cnc(Br)cn1. The zero-order valence-corrected chi connectivity index (χ0v) is 13.8. The highest BCUT2D eigenvalue weighted by Crippen LogP contribution is 2.23. The van der Waals surface area contributed by atoms with Gasteiger partial charge in [0.15, 0.2) is 5.82 Å². The molecular formula is C13H15BrN4O2S. The van der Waals surface area contributed by atoms with Crippen LogP contribution in [0.2, 0.25) is 0 Å². The minimum absolute atomic E-state index is 0.170. The van der Waals surface area contributed by atoms with Gasteiger partial charge in [0.1, 0.15) is 9.50 Å². The number of para-hydroxylation sites is 1. The number of hydrogen-bond acceptors (Lipinski definition) is 5. The summed E-state index contributed by atoms with van der Waals surface area (Å²) in [5.41, 5.74) is 0.567. The number of benzene rings is 1. The molecule has 6 nitrogen and oxygen atoms in total. The normalized spacial score (nSPS) is 11.1. The van der Waals surface area contributed by atoms with Gasteiger partial charge >= 0.3 is 0 Å². The van der Waals surface area contributed by atoms with Crippen molar-refractivity contribution in [2.75, 3.05) is 16.6 Å². The maximum absolute atomic E-state index is 12.4. The van der Waals surface area contributed by atoms with Crippen LogP contribution in [0.5, 0.6) is 0 Å². The molecule has 0 radical (unpaired) electrons. The Morgan fingerprint density at radius 1 is 1.19 bits per heavy atom. The van der Waals surface area contributed by atoms with Gasteiger partial charge in [-0.1, -0.05) is 19.1 Å². The van der Waals surface area contributed by atoms with Gasteiger partial charge in [0.05, 0.1) is 18.1 Å². The highest BCUT2D eigenvalue weighted by atomic mass is 79.9. The summed E-state index contributed by atoms with van der Waals surface area (Å²) in [5.74, 6) is 0.170. The second-order valence-corrected chi connectivity index (χ2v) is 6.72. The number of anilines is 2. The molecule has 0 unspecified atom stereocenters. The van der Waals surface area contributed by atoms with E-state index in [9.17, 15) is 8.42 Å². The molecule has 2 rings (SSSR count). The van der Waals surface area contributed by atoms with E-state index in [-0.39, 0.29) is 10.7 Å². The van der Waals surface area contributed by atoms with Crippen molar-refractivity contribution >= 4 is 37.5 Å². The Bertz CT molecular complexity index is 704. The summed E-state index contributed by atoms with van der Waals surface area (Å²) in [4.78, 5) is 8.08. The maximum atomic E-state index is 12.4. The van der Waals surface area contributed by atoms with Crippen molar-refractivity contribution in [1.29, 1.82) is 0 Å². The molecule has 0 spiro atoms. The predicted molar refractivity (Wildman–Crippen MR) is 85.8 cm³/mol. The number of halogens is 1. The summed E-state index contributed by atoms with van der Waals surface area (Å²) in [7, 11) is -3.72. The third-order valence-electron chi connectivity index (χ3n) is 2.60. The molecular weight excluding hydrogens is 356 g/mol. The summed E-state index contributed by atoms with van der Waals surface area (Å²) < 4.78 is 27.8. The Hall–Kier alpha value is -1.67. The molecule has 1 heterocycles. The molecule has 0 fully saturated rings. The van der Waals surface area contributed by atoms with Gasteiger partial charge < -0.3 is 5.32 Å². The average molecular weight is 371 g/mol. The molecule has 112 valence electrons. The first kappa shape index (κ1) is 15.7. The van der Waals surface area contributed by atoms with E-state index in [0.717, 1.165) is 6.42 Å². The molecule has 2 N–H and O–H groups in total. The number of rotatable bonds is 6. The lowest BCUT2D eigenvalue weighted by atomic mass is 10.3. The zero-order valence-electron chi connectivity index (χ0n) is 11.4. The molecule has 0 saturated heterocycles. The quantitative estimate of drug-likeness (QED) is 0.816. The van der Waals surface area contributed by atoms with Gasteiger partial charge in [0.25, 0.3) is 10.0 Å². The van der Waals surface area contributed by atoms with Gasteiger partial charge in [0, 0.05) is 6.54 Å². The van der Waals surface area contributed by atoms with E-state index in [4.69, 9.17) is 0 Å². The third kappa shape index (κ3) is 4.15. The van der Waals surface area contributed by atoms with Crippen molar-refractivity contribution in [1.82, 2.24) is 9.97 Å². The molecule has 1 aromatic carbocycles. The Kier molecular flexibility index (Phi) is 5.13. The van der Waals surface area contributed by atoms with Crippen LogP contribution >= 0.6 is 15.9 Å². The lowest BCUT2D eigenvalue weighted by Crippen LogP contribution is -2.16. The van der Waals surface area contributed by atoms with Gasteiger partial charge in [-0.15, -0.1) is 0 Å². The first-order chi connectivity index (χ1) is 10.0. The molecule has 1 aromatic heterocycles. The van der Waals surface area contributed by atoms with Crippen LogP contribution in [0, 0.1) is 0 Å². The molecule has 0 aliphatic heterocycles. The van der Waals surface area contributed by atoms with Gasteiger partial charge in [-0.3, -0.25) is 4.72 Å². The van der Waals surface area contributed by atoms with Crippen molar-refractivity contribution in [3.05, 3.63) is 41.3 Å². The monoisotopic (exact) mass is 370 g/mol. The largest absolute Gasteiger partial charge is 0.384 e. The second kappa shape index (κ2) is 6.86. The zero-order chi connectivity index (χ0) is 15.3. The van der Waals surface area contributed by atoms with Crippen LogP contribution in [0.25, 0.3) is 0 Å². The number of sulfonamides is 1. The van der Waals surface area contributed by atoms with Crippen LogP contribution in [-0.2, 0) is 10.0 Å². The topological polar surface area (TPSA) is 84.0 Å². The van der Waals surface area contributed by atoms with Gasteiger partial charge in [0.2, 0.25) is 0 Å². The number of aromatic nitrogens is 2. The van der Waals surface area contributed by atoms with Crippen molar-refractivity contribution in [3.8, 4) is 0 Å². The smallest absolute Gasteiger partial charge is 0.265 e. The van der Waals surface area contributed by atoms with E-state index in [1.54, 1.807) is 24.3 Å². The van der Waals surface area contributed by atoms with E-state index >= 15 is 0 Å². The summed E-state index contributed by atoms with van der Waals surface area (Å²) in [5, 5.41) is 3.10. The number of nitrogens with one attached hydrogen (secondary N) is 2. The fourth-order valence-electron chi connectivity index (χ4n) is 1.66. The third-order valence-corrected chi connectivity index (χ3v) is 4.42. The summed E-state index contributed by atoms with van der Waals surface area (Å²) in [6.45, 7) is 2.71. The maximum Gasteiger partial charge on any atom is 0.265 e.